The third-order valence-corrected chi connectivity index (χ3v) is 3.52. The summed E-state index contributed by atoms with van der Waals surface area (Å²) < 4.78 is 0. The van der Waals surface area contributed by atoms with Crippen LogP contribution in [0.15, 0.2) is 36.4 Å². The quantitative estimate of drug-likeness (QED) is 0.835. The number of carbonyl (C=O) groups is 1. The molecule has 0 aliphatic carbocycles. The number of nitrogens with zero attached hydrogens (tertiary/aromatic N) is 1. The highest BCUT2D eigenvalue weighted by Crippen LogP contribution is 2.17. The normalized spacial score (nSPS) is 13.7. The van der Waals surface area contributed by atoms with Crippen LogP contribution in [0, 0.1) is 0 Å². The van der Waals surface area contributed by atoms with Crippen LogP contribution in [-0.2, 0) is 13.0 Å². The standard InChI is InChI=1S/C15H14ClN3O/c16-13-2-1-3-14(18-13)19-15(20)11-5-4-10-6-7-17-9-12(10)8-11/h1-5,8,17H,6-7,9H2,(H,18,19,20). The number of nitrogens with one attached hydrogen (secondary N) is 2. The van der Waals surface area contributed by atoms with E-state index in [-0.39, 0.29) is 5.91 Å². The third kappa shape index (κ3) is 2.81. The van der Waals surface area contributed by atoms with E-state index in [2.05, 4.69) is 15.6 Å². The summed E-state index contributed by atoms with van der Waals surface area (Å²) in [7, 11) is 0. The van der Waals surface area contributed by atoms with Crippen molar-refractivity contribution in [2.75, 3.05) is 11.9 Å². The largest absolute Gasteiger partial charge is 0.312 e. The Bertz CT molecular complexity index is 657. The highest BCUT2D eigenvalue weighted by molar-refractivity contribution is 6.29. The number of aromatic nitrogens is 1. The van der Waals surface area contributed by atoms with E-state index in [9.17, 15) is 4.79 Å². The molecular formula is C15H14ClN3O. The summed E-state index contributed by atoms with van der Waals surface area (Å²) in [5.41, 5.74) is 3.12. The van der Waals surface area contributed by atoms with E-state index in [0.29, 0.717) is 16.5 Å². The van der Waals surface area contributed by atoms with Gasteiger partial charge in [-0.25, -0.2) is 4.98 Å². The Labute approximate surface area is 122 Å². The molecule has 2 heterocycles. The lowest BCUT2D eigenvalue weighted by Crippen LogP contribution is -2.24. The van der Waals surface area contributed by atoms with Gasteiger partial charge in [0, 0.05) is 12.1 Å². The van der Waals surface area contributed by atoms with Crippen molar-refractivity contribution in [3.63, 3.8) is 0 Å². The number of rotatable bonds is 2. The molecule has 0 fully saturated rings. The van der Waals surface area contributed by atoms with E-state index in [1.165, 1.54) is 11.1 Å². The highest BCUT2D eigenvalue weighted by atomic mass is 35.5. The van der Waals surface area contributed by atoms with E-state index >= 15 is 0 Å². The molecule has 2 N–H and O–H groups in total. The maximum atomic E-state index is 12.2. The lowest BCUT2D eigenvalue weighted by atomic mass is 9.98. The number of hydrogen-bond acceptors (Lipinski definition) is 3. The molecule has 0 saturated heterocycles. The minimum atomic E-state index is -0.173. The SMILES string of the molecule is O=C(Nc1cccc(Cl)n1)c1ccc2c(c1)CNCC2. The predicted molar refractivity (Wildman–Crippen MR) is 79.1 cm³/mol. The Kier molecular flexibility index (Phi) is 3.67. The van der Waals surface area contributed by atoms with Gasteiger partial charge in [-0.2, -0.15) is 0 Å². The van der Waals surface area contributed by atoms with Crippen LogP contribution in [0.1, 0.15) is 21.5 Å². The van der Waals surface area contributed by atoms with Crippen LogP contribution >= 0.6 is 11.6 Å². The third-order valence-electron chi connectivity index (χ3n) is 3.31. The summed E-state index contributed by atoms with van der Waals surface area (Å²) in [6.45, 7) is 1.80. The summed E-state index contributed by atoms with van der Waals surface area (Å²) in [4.78, 5) is 16.2. The molecule has 3 rings (SSSR count). The second-order valence-electron chi connectivity index (χ2n) is 4.71. The number of amides is 1. The molecule has 1 aromatic carbocycles. The van der Waals surface area contributed by atoms with Crippen LogP contribution in [0.25, 0.3) is 0 Å². The summed E-state index contributed by atoms with van der Waals surface area (Å²) >= 11 is 5.80. The Morgan fingerprint density at radius 2 is 2.15 bits per heavy atom. The smallest absolute Gasteiger partial charge is 0.256 e. The van der Waals surface area contributed by atoms with Crippen LogP contribution in [0.3, 0.4) is 0 Å². The van der Waals surface area contributed by atoms with Crippen molar-refractivity contribution >= 4 is 23.3 Å². The van der Waals surface area contributed by atoms with E-state index in [1.807, 2.05) is 18.2 Å². The lowest BCUT2D eigenvalue weighted by Gasteiger charge is -2.17. The number of hydrogen-bond donors (Lipinski definition) is 2. The summed E-state index contributed by atoms with van der Waals surface area (Å²) in [6.07, 6.45) is 1.01. The summed E-state index contributed by atoms with van der Waals surface area (Å²) in [6, 6.07) is 10.9. The van der Waals surface area contributed by atoms with Crippen LogP contribution < -0.4 is 10.6 Å². The summed E-state index contributed by atoms with van der Waals surface area (Å²) in [5, 5.41) is 6.41. The molecule has 0 unspecified atom stereocenters. The molecule has 0 spiro atoms. The van der Waals surface area contributed by atoms with Crippen molar-refractivity contribution < 1.29 is 4.79 Å². The molecule has 1 aliphatic heterocycles. The lowest BCUT2D eigenvalue weighted by molar-refractivity contribution is 0.102. The Hall–Kier alpha value is -1.91. The van der Waals surface area contributed by atoms with Gasteiger partial charge in [-0.15, -0.1) is 0 Å². The zero-order chi connectivity index (χ0) is 13.9. The van der Waals surface area contributed by atoms with Gasteiger partial charge in [-0.1, -0.05) is 23.7 Å². The monoisotopic (exact) mass is 287 g/mol. The Morgan fingerprint density at radius 3 is 3.00 bits per heavy atom. The molecule has 0 bridgehead atoms. The fraction of sp³-hybridized carbons (Fsp3) is 0.200. The molecular weight excluding hydrogens is 274 g/mol. The van der Waals surface area contributed by atoms with E-state index in [1.54, 1.807) is 18.2 Å². The first-order valence-electron chi connectivity index (χ1n) is 6.49. The van der Waals surface area contributed by atoms with Crippen molar-refractivity contribution in [1.29, 1.82) is 0 Å². The number of anilines is 1. The first kappa shape index (κ1) is 13.1. The topological polar surface area (TPSA) is 54.0 Å². The van der Waals surface area contributed by atoms with E-state index < -0.39 is 0 Å². The van der Waals surface area contributed by atoms with Gasteiger partial charge >= 0.3 is 0 Å². The molecule has 1 aromatic heterocycles. The van der Waals surface area contributed by atoms with Crippen molar-refractivity contribution in [2.45, 2.75) is 13.0 Å². The van der Waals surface area contributed by atoms with Crippen LogP contribution in [0.4, 0.5) is 5.82 Å². The fourth-order valence-corrected chi connectivity index (χ4v) is 2.45. The number of fused-ring (bicyclic) bond motifs is 1. The van der Waals surface area contributed by atoms with Crippen LogP contribution in [0.5, 0.6) is 0 Å². The molecule has 1 aliphatic rings. The zero-order valence-electron chi connectivity index (χ0n) is 10.8. The first-order chi connectivity index (χ1) is 9.72. The Balaban J connectivity index is 1.80. The number of pyridine rings is 1. The molecule has 0 atom stereocenters. The second kappa shape index (κ2) is 5.61. The van der Waals surface area contributed by atoms with Crippen molar-refractivity contribution in [1.82, 2.24) is 10.3 Å². The number of benzene rings is 1. The average Bonchev–Trinajstić information content (AvgIpc) is 2.47. The molecule has 5 heteroatoms. The molecule has 20 heavy (non-hydrogen) atoms. The van der Waals surface area contributed by atoms with Crippen LogP contribution in [-0.4, -0.2) is 17.4 Å². The molecule has 1 amide bonds. The predicted octanol–water partition coefficient (Wildman–Crippen LogP) is 2.63. The van der Waals surface area contributed by atoms with Gasteiger partial charge in [0.1, 0.15) is 11.0 Å². The van der Waals surface area contributed by atoms with Crippen molar-refractivity contribution in [3.05, 3.63) is 58.2 Å². The van der Waals surface area contributed by atoms with Gasteiger partial charge < -0.3 is 10.6 Å². The Morgan fingerprint density at radius 1 is 1.25 bits per heavy atom. The molecule has 0 radical (unpaired) electrons. The zero-order valence-corrected chi connectivity index (χ0v) is 11.6. The van der Waals surface area contributed by atoms with Gasteiger partial charge in [-0.3, -0.25) is 4.79 Å². The van der Waals surface area contributed by atoms with E-state index in [0.717, 1.165) is 19.5 Å². The fourth-order valence-electron chi connectivity index (χ4n) is 2.29. The maximum absolute atomic E-state index is 12.2. The molecule has 4 nitrogen and oxygen atoms in total. The van der Waals surface area contributed by atoms with E-state index in [4.69, 9.17) is 11.6 Å². The average molecular weight is 288 g/mol. The number of halogens is 1. The minimum absolute atomic E-state index is 0.173. The van der Waals surface area contributed by atoms with Gasteiger partial charge in [0.25, 0.3) is 5.91 Å². The first-order valence-corrected chi connectivity index (χ1v) is 6.86. The minimum Gasteiger partial charge on any atom is -0.312 e. The van der Waals surface area contributed by atoms with Crippen LogP contribution in [0.2, 0.25) is 5.15 Å². The highest BCUT2D eigenvalue weighted by Gasteiger charge is 2.13. The second-order valence-corrected chi connectivity index (χ2v) is 5.10. The summed E-state index contributed by atoms with van der Waals surface area (Å²) in [5.74, 6) is 0.284. The molecule has 2 aromatic rings. The van der Waals surface area contributed by atoms with Gasteiger partial charge in [0.2, 0.25) is 0 Å². The molecule has 102 valence electrons. The van der Waals surface area contributed by atoms with Gasteiger partial charge in [0.05, 0.1) is 0 Å². The maximum Gasteiger partial charge on any atom is 0.256 e. The van der Waals surface area contributed by atoms with Gasteiger partial charge in [0.15, 0.2) is 0 Å². The van der Waals surface area contributed by atoms with Crippen molar-refractivity contribution in [2.24, 2.45) is 0 Å². The van der Waals surface area contributed by atoms with Crippen molar-refractivity contribution in [3.8, 4) is 0 Å². The number of carbonyl (C=O) groups excluding carboxylic acids is 1. The molecule has 0 saturated carbocycles. The van der Waals surface area contributed by atoms with Gasteiger partial charge in [-0.05, 0) is 48.4 Å².